The van der Waals surface area contributed by atoms with E-state index in [2.05, 4.69) is 26.6 Å². The SMILES string of the molecule is CC(=O)N[C@H]1[C@H](O[C@H]2[C@H](O)[C@@H](NC(C)=O)C(O)O[C@@H]2CO)O[C@H](CO)[C@@H](O[C@@H]2O[C@H](CO[C@H]3O[C@H](CO)[C@@H](O)[C@H](O)[C@@H]3O[C@@H]3O[C@H](CO)[C@@H](O)[C@H](O)[C@H]3NC(C)=O)[C@@H](O)[C@H](O[C@H]3O[C@H](CO)[C@@H](O)[C@H](O)[C@@H]3O[C@@H]3O[C@H](CO)[C@@H](O[C@@H]4O[C@H](CO)[C@H](O)[C@H](O[C@]5(C(=O)O)C[C@H](O)[C@@H](NC(C)=O)[C@H]([C@H](O)[C@H](O)CO)O5)[C@H]4O)[C@H](O)[C@H]3NC(C)=O)[C@@H]2O)[C@@H]1O. The normalized spacial score (nSPS) is 46.6. The molecule has 0 spiro atoms. The topological polar surface area (TPSA) is 845 Å². The van der Waals surface area contributed by atoms with Crippen molar-refractivity contribution in [1.29, 1.82) is 0 Å². The first-order chi connectivity index (χ1) is 57.1. The maximum atomic E-state index is 13.3. The molecule has 54 heteroatoms. The number of ether oxygens (including phenoxy) is 17. The zero-order chi connectivity index (χ0) is 89.6. The van der Waals surface area contributed by atoms with Gasteiger partial charge in [0.1, 0.15) is 213 Å². The Labute approximate surface area is 684 Å². The summed E-state index contributed by atoms with van der Waals surface area (Å²) in [6.07, 6.45) is -88.5. The number of aliphatic carboxylic acids is 1. The van der Waals surface area contributed by atoms with Gasteiger partial charge in [0.05, 0.1) is 71.6 Å². The van der Waals surface area contributed by atoms with Gasteiger partial charge in [0.15, 0.2) is 50.3 Å². The molecule has 0 saturated carbocycles. The molecule has 5 amide bonds. The lowest BCUT2D eigenvalue weighted by molar-refractivity contribution is -0.400. The lowest BCUT2D eigenvalue weighted by atomic mass is 9.88. The lowest BCUT2D eigenvalue weighted by Crippen LogP contribution is -2.71. The molecule has 0 aliphatic carbocycles. The summed E-state index contributed by atoms with van der Waals surface area (Å²) in [7, 11) is 0. The second-order valence-corrected chi connectivity index (χ2v) is 30.3. The van der Waals surface area contributed by atoms with Gasteiger partial charge in [0.25, 0.3) is 5.79 Å². The number of aliphatic hydroxyl groups is 25. The quantitative estimate of drug-likeness (QED) is 0.0290. The van der Waals surface area contributed by atoms with Crippen LogP contribution in [-0.4, -0.2) is 509 Å². The van der Waals surface area contributed by atoms with Crippen LogP contribution in [0, 0.1) is 0 Å². The van der Waals surface area contributed by atoms with Crippen LogP contribution in [0.3, 0.4) is 0 Å². The second-order valence-electron chi connectivity index (χ2n) is 30.3. The monoisotopic (exact) mass is 1770 g/mol. The molecule has 698 valence electrons. The minimum absolute atomic E-state index is 0.799. The van der Waals surface area contributed by atoms with Gasteiger partial charge in [-0.2, -0.15) is 0 Å². The molecule has 0 aromatic heterocycles. The van der Waals surface area contributed by atoms with Crippen molar-refractivity contribution in [2.45, 2.75) is 323 Å². The van der Waals surface area contributed by atoms with Crippen molar-refractivity contribution in [3.8, 4) is 0 Å². The number of hydrogen-bond acceptors (Lipinski definition) is 48. The van der Waals surface area contributed by atoms with Gasteiger partial charge < -0.3 is 240 Å². The van der Waals surface area contributed by atoms with Crippen molar-refractivity contribution in [2.75, 3.05) is 59.5 Å². The van der Waals surface area contributed by atoms with Gasteiger partial charge in [0, 0.05) is 41.0 Å². The number of aliphatic hydroxyl groups excluding tert-OH is 25. The molecule has 0 bridgehead atoms. The molecule has 9 fully saturated rings. The Morgan fingerprint density at radius 2 is 0.661 bits per heavy atom. The number of carbonyl (C=O) groups excluding carboxylic acids is 5. The van der Waals surface area contributed by atoms with Crippen LogP contribution in [0.4, 0.5) is 0 Å². The molecule has 0 radical (unpaired) electrons. The zero-order valence-electron chi connectivity index (χ0n) is 65.1. The van der Waals surface area contributed by atoms with Crippen LogP contribution in [0.25, 0.3) is 0 Å². The summed E-state index contributed by atoms with van der Waals surface area (Å²) in [5.41, 5.74) is 0. The summed E-state index contributed by atoms with van der Waals surface area (Å²) in [6, 6.07) is -9.25. The predicted octanol–water partition coefficient (Wildman–Crippen LogP) is -20.7. The third-order valence-electron chi connectivity index (χ3n) is 21.7. The van der Waals surface area contributed by atoms with E-state index in [1.165, 1.54) is 0 Å². The first-order valence-electron chi connectivity index (χ1n) is 38.3. The molecule has 9 aliphatic heterocycles. The summed E-state index contributed by atoms with van der Waals surface area (Å²) in [5.74, 6) is -10.0. The Balaban J connectivity index is 1.04. The van der Waals surface area contributed by atoms with Crippen LogP contribution < -0.4 is 26.6 Å². The number of carboxylic acid groups (broad SMARTS) is 1. The molecule has 0 aromatic rings. The van der Waals surface area contributed by atoms with Crippen LogP contribution >= 0.6 is 0 Å². The van der Waals surface area contributed by atoms with Crippen molar-refractivity contribution >= 4 is 35.5 Å². The highest BCUT2D eigenvalue weighted by molar-refractivity contribution is 5.77. The van der Waals surface area contributed by atoms with E-state index in [-0.39, 0.29) is 0 Å². The maximum absolute atomic E-state index is 13.3. The van der Waals surface area contributed by atoms with Gasteiger partial charge in [-0.05, 0) is 0 Å². The minimum atomic E-state index is -3.31. The van der Waals surface area contributed by atoms with Gasteiger partial charge >= 0.3 is 5.97 Å². The summed E-state index contributed by atoms with van der Waals surface area (Å²) in [6.45, 7) is -5.78. The van der Waals surface area contributed by atoms with E-state index in [1.54, 1.807) is 0 Å². The molecule has 9 rings (SSSR count). The van der Waals surface area contributed by atoms with Crippen LogP contribution in [-0.2, 0) is 109 Å². The van der Waals surface area contributed by atoms with Gasteiger partial charge in [0.2, 0.25) is 29.5 Å². The molecule has 9 saturated heterocycles. The lowest BCUT2D eigenvalue weighted by Gasteiger charge is -2.51. The van der Waals surface area contributed by atoms with Crippen LogP contribution in [0.5, 0.6) is 0 Å². The second kappa shape index (κ2) is 43.3. The Kier molecular flexibility index (Phi) is 35.7. The summed E-state index contributed by atoms with van der Waals surface area (Å²) < 4.78 is 101. The molecule has 9 heterocycles. The van der Waals surface area contributed by atoms with Crippen molar-refractivity contribution in [3.63, 3.8) is 0 Å². The van der Waals surface area contributed by atoms with Crippen LogP contribution in [0.15, 0.2) is 0 Å². The first-order valence-corrected chi connectivity index (χ1v) is 38.3. The summed E-state index contributed by atoms with van der Waals surface area (Å²) in [5, 5.41) is 303. The highest BCUT2D eigenvalue weighted by atomic mass is 16.8. The molecule has 31 N–H and O–H groups in total. The largest absolute Gasteiger partial charge is 0.477 e. The third kappa shape index (κ3) is 22.3. The number of carboxylic acids is 1. The molecule has 1 unspecified atom stereocenters. The van der Waals surface area contributed by atoms with E-state index >= 15 is 0 Å². The Morgan fingerprint density at radius 1 is 0.339 bits per heavy atom. The fraction of sp³-hybridized carbons (Fsp3) is 0.910. The van der Waals surface area contributed by atoms with E-state index < -0.39 is 383 Å². The van der Waals surface area contributed by atoms with Gasteiger partial charge in [-0.15, -0.1) is 0 Å². The van der Waals surface area contributed by atoms with Crippen molar-refractivity contribution in [2.24, 2.45) is 0 Å². The van der Waals surface area contributed by atoms with Crippen molar-refractivity contribution in [3.05, 3.63) is 0 Å². The first kappa shape index (κ1) is 99.9. The van der Waals surface area contributed by atoms with E-state index in [1.807, 2.05) is 0 Å². The van der Waals surface area contributed by atoms with E-state index in [0.29, 0.717) is 0 Å². The Hall–Kier alpha value is -4.86. The van der Waals surface area contributed by atoms with Gasteiger partial charge in [-0.25, -0.2) is 4.79 Å². The standard InChI is InChI=1S/C67H111N5O49/c1-16(81)68-31-21(86)6-67(66(103)104,120-53(31)36(88)22(87)7-73)121-55-40(92)26(11-77)108-63(49(55)101)116-52-29(14-80)112-61(35(45(52)97)72-20(5)85)119-57-47(99)39(91)25(10-76)110-65(57)117-54-41(93)30(15-105-64-56(46(98)38(90)24(9-75)109-64)118-59-33(70-18(3)83)42(94)37(89)23(8-74)107-59)113-62(48(54)100)115-51-28(13-79)111-60(34(44(51)96)71-19(4)84)114-50-27(12-78)106-58(102)32(43(50)95)69-17(2)82/h21-65,73-80,86-102H,6-15H2,1-5H3,(H,68,81)(H,69,82)(H,70,83)(H,71,84)(H,72,85)(H,103,104)/t21-,22+,23+,24+,25+,26+,27+,28+,29+,30+,31+,32+,33+,34+,35+,36+,37+,38+,39+,40-,41+,42+,43+,44+,45+,46-,47-,48-,49+,50+,51+,52+,53+,54-,55-,56-,57-,58?,59-,60-,61-,62-,63-,64-,65+,67-/m0/s1. The van der Waals surface area contributed by atoms with Gasteiger partial charge in [-0.3, -0.25) is 24.0 Å². The number of amides is 5. The van der Waals surface area contributed by atoms with E-state index in [0.717, 1.165) is 34.6 Å². The van der Waals surface area contributed by atoms with Crippen molar-refractivity contribution < 1.29 is 242 Å². The number of rotatable bonds is 33. The molecule has 9 aliphatic rings. The molecule has 46 atom stereocenters. The summed E-state index contributed by atoms with van der Waals surface area (Å²) in [4.78, 5) is 76.4. The molecular formula is C67H111N5O49. The molecule has 121 heavy (non-hydrogen) atoms. The Morgan fingerprint density at radius 3 is 1.10 bits per heavy atom. The maximum Gasteiger partial charge on any atom is 0.364 e. The predicted molar refractivity (Wildman–Crippen MR) is 372 cm³/mol. The summed E-state index contributed by atoms with van der Waals surface area (Å²) >= 11 is 0. The van der Waals surface area contributed by atoms with Crippen LogP contribution in [0.2, 0.25) is 0 Å². The number of nitrogens with one attached hydrogen (secondary N) is 5. The minimum Gasteiger partial charge on any atom is -0.477 e. The molecule has 0 aromatic carbocycles. The number of carbonyl (C=O) groups is 6. The highest BCUT2D eigenvalue weighted by Gasteiger charge is 2.64. The highest BCUT2D eigenvalue weighted by Crippen LogP contribution is 2.42. The fourth-order valence-corrected chi connectivity index (χ4v) is 15.6. The van der Waals surface area contributed by atoms with E-state index in [4.69, 9.17) is 80.5 Å². The number of hydrogen-bond donors (Lipinski definition) is 31. The van der Waals surface area contributed by atoms with Crippen LogP contribution in [0.1, 0.15) is 41.0 Å². The third-order valence-corrected chi connectivity index (χ3v) is 21.7. The van der Waals surface area contributed by atoms with Crippen molar-refractivity contribution in [1.82, 2.24) is 26.6 Å². The average molecular weight is 1770 g/mol. The smallest absolute Gasteiger partial charge is 0.364 e. The molecule has 54 nitrogen and oxygen atoms in total. The van der Waals surface area contributed by atoms with Gasteiger partial charge in [-0.1, -0.05) is 0 Å². The zero-order valence-corrected chi connectivity index (χ0v) is 65.1. The molecular weight excluding hydrogens is 1660 g/mol. The fourth-order valence-electron chi connectivity index (χ4n) is 15.6. The average Bonchev–Trinajstić information content (AvgIpc) is 0.754. The Bertz CT molecular complexity index is 3340. The van der Waals surface area contributed by atoms with E-state index in [9.17, 15) is 162 Å².